The monoisotopic (exact) mass is 780 g/mol. The number of pyridine rings is 1. The van der Waals surface area contributed by atoms with Crippen molar-refractivity contribution >= 4 is 35.7 Å². The minimum atomic E-state index is -0.934. The van der Waals surface area contributed by atoms with Gasteiger partial charge in [-0.05, 0) is 76.5 Å². The molecule has 4 atom stereocenters. The lowest BCUT2D eigenvalue weighted by molar-refractivity contribution is -0.131. The number of carbonyl (C=O) groups is 4. The van der Waals surface area contributed by atoms with Crippen molar-refractivity contribution in [2.75, 3.05) is 18.8 Å². The molecule has 5 N–H and O–H groups in total. The maximum absolute atomic E-state index is 14.1. The Morgan fingerprint density at radius 1 is 0.891 bits per heavy atom. The molecule has 13 heteroatoms. The fraction of sp³-hybridized carbons (Fsp3) is 0.643. The second kappa shape index (κ2) is 22.6. The average molecular weight is 781 g/mol. The fourth-order valence-electron chi connectivity index (χ4n) is 7.25. The van der Waals surface area contributed by atoms with Gasteiger partial charge in [0.1, 0.15) is 17.7 Å². The number of nitrogens with zero attached hydrogens (tertiary/aromatic N) is 2. The van der Waals surface area contributed by atoms with Crippen LogP contribution < -0.4 is 21.3 Å². The van der Waals surface area contributed by atoms with Crippen LogP contribution in [-0.4, -0.2) is 93.6 Å². The number of hydrogen-bond acceptors (Lipinski definition) is 8. The molecule has 1 aliphatic heterocycles. The first-order valence-electron chi connectivity index (χ1n) is 20.3. The van der Waals surface area contributed by atoms with E-state index >= 15 is 0 Å². The summed E-state index contributed by atoms with van der Waals surface area (Å²) in [6.07, 6.45) is 10.7. The second-order valence-corrected chi connectivity index (χ2v) is 17.1. The van der Waals surface area contributed by atoms with Crippen molar-refractivity contribution in [2.45, 2.75) is 152 Å². The summed E-state index contributed by atoms with van der Waals surface area (Å²) in [5.74, 6) is 0.322. The van der Waals surface area contributed by atoms with Gasteiger partial charge in [-0.25, -0.2) is 14.6 Å². The zero-order valence-electron chi connectivity index (χ0n) is 33.3. The Morgan fingerprint density at radius 2 is 1.58 bits per heavy atom. The van der Waals surface area contributed by atoms with Crippen molar-refractivity contribution in [3.05, 3.63) is 60.3 Å². The molecule has 2 aromatic rings. The molecule has 304 valence electrons. The van der Waals surface area contributed by atoms with Crippen molar-refractivity contribution in [3.8, 4) is 0 Å². The number of amides is 5. The molecule has 1 aromatic carbocycles. The van der Waals surface area contributed by atoms with Gasteiger partial charge < -0.3 is 36.0 Å². The number of piperidine rings is 1. The zero-order chi connectivity index (χ0) is 39.6. The number of rotatable bonds is 18. The summed E-state index contributed by atoms with van der Waals surface area (Å²) in [5.41, 5.74) is 0.268. The van der Waals surface area contributed by atoms with Crippen molar-refractivity contribution in [3.63, 3.8) is 0 Å². The summed E-state index contributed by atoms with van der Waals surface area (Å²) in [4.78, 5) is 60.1. The Bertz CT molecular complexity index is 1460. The Hall–Kier alpha value is -3.84. The average Bonchev–Trinajstić information content (AvgIpc) is 3.16. The fourth-order valence-corrected chi connectivity index (χ4v) is 8.12. The van der Waals surface area contributed by atoms with Crippen LogP contribution in [0.25, 0.3) is 0 Å². The molecule has 0 unspecified atom stereocenters. The van der Waals surface area contributed by atoms with Crippen LogP contribution in [0.1, 0.15) is 110 Å². The van der Waals surface area contributed by atoms with Crippen molar-refractivity contribution < 1.29 is 29.0 Å². The Kier molecular flexibility index (Phi) is 18.1. The summed E-state index contributed by atoms with van der Waals surface area (Å²) in [6, 6.07) is 12.5. The maximum Gasteiger partial charge on any atom is 0.407 e. The van der Waals surface area contributed by atoms with Crippen LogP contribution in [-0.2, 0) is 20.7 Å². The number of hydrogen-bond donors (Lipinski definition) is 5. The van der Waals surface area contributed by atoms with Crippen LogP contribution in [0.15, 0.2) is 59.8 Å². The topological polar surface area (TPSA) is 162 Å². The van der Waals surface area contributed by atoms with Crippen LogP contribution in [0.4, 0.5) is 9.59 Å². The van der Waals surface area contributed by atoms with Crippen LogP contribution in [0.5, 0.6) is 0 Å². The first-order chi connectivity index (χ1) is 26.4. The third kappa shape index (κ3) is 16.0. The molecule has 1 saturated heterocycles. The molecule has 1 aliphatic carbocycles. The molecule has 2 heterocycles. The summed E-state index contributed by atoms with van der Waals surface area (Å²) >= 11 is 1.58. The van der Waals surface area contributed by atoms with E-state index < -0.39 is 41.8 Å². The Balaban J connectivity index is 1.41. The third-order valence-electron chi connectivity index (χ3n) is 10.3. The normalized spacial score (nSPS) is 17.7. The number of carbonyl (C=O) groups excluding carboxylic acids is 4. The predicted octanol–water partition coefficient (Wildman–Crippen LogP) is 6.36. The third-order valence-corrected chi connectivity index (χ3v) is 11.3. The van der Waals surface area contributed by atoms with Crippen molar-refractivity contribution in [1.82, 2.24) is 31.2 Å². The number of urea groups is 1. The highest BCUT2D eigenvalue weighted by atomic mass is 32.2. The van der Waals surface area contributed by atoms with Gasteiger partial charge in [-0.1, -0.05) is 88.3 Å². The van der Waals surface area contributed by atoms with Gasteiger partial charge in [0, 0.05) is 37.5 Å². The number of unbranched alkanes of at least 4 members (excludes halogenated alkanes) is 1. The van der Waals surface area contributed by atoms with E-state index in [0.29, 0.717) is 56.9 Å². The van der Waals surface area contributed by atoms with E-state index in [-0.39, 0.29) is 24.4 Å². The van der Waals surface area contributed by atoms with Crippen LogP contribution in [0.3, 0.4) is 0 Å². The molecule has 0 bridgehead atoms. The van der Waals surface area contributed by atoms with E-state index in [1.54, 1.807) is 22.9 Å². The van der Waals surface area contributed by atoms with Crippen LogP contribution in [0.2, 0.25) is 0 Å². The smallest absolute Gasteiger partial charge is 0.407 e. The Labute approximate surface area is 332 Å². The number of aromatic nitrogens is 1. The highest BCUT2D eigenvalue weighted by Crippen LogP contribution is 2.29. The minimum absolute atomic E-state index is 0.125. The van der Waals surface area contributed by atoms with Crippen molar-refractivity contribution in [1.29, 1.82) is 0 Å². The maximum atomic E-state index is 14.1. The van der Waals surface area contributed by atoms with E-state index in [0.717, 1.165) is 49.1 Å². The number of nitrogens with one attached hydrogen (secondary N) is 4. The minimum Gasteiger partial charge on any atom is -0.444 e. The summed E-state index contributed by atoms with van der Waals surface area (Å²) in [5, 5.41) is 24.4. The van der Waals surface area contributed by atoms with Gasteiger partial charge in [-0.3, -0.25) is 9.59 Å². The van der Waals surface area contributed by atoms with Crippen molar-refractivity contribution in [2.24, 2.45) is 5.92 Å². The standard InChI is InChI=1S/C42H64N6O6S/c1-5-6-19-33(38(50)46-34(28-30-15-9-7-10-16-30)36(49)23-27-55-37-20-13-14-24-43-37)45-39(51)35(29-31-17-11-8-12-18-31)47-40(52)48-25-21-32(22-26-48)44-41(53)54-42(2,3)4/h8,11-14,17-18,20,24,30,32-36,49H,5-7,9-10,15-16,19,21-23,25-29H2,1-4H3,(H,44,53)(H,45,51)(H,46,50)(H,47,52)/t33-,34-,35-,36-/m0/s1. The number of likely N-dealkylation sites (tertiary alicyclic amines) is 1. The van der Waals surface area contributed by atoms with E-state index in [1.165, 1.54) is 6.42 Å². The lowest BCUT2D eigenvalue weighted by Gasteiger charge is -2.34. The second-order valence-electron chi connectivity index (χ2n) is 16.0. The van der Waals surface area contributed by atoms with Gasteiger partial charge in [0.05, 0.1) is 17.2 Å². The number of thioether (sulfide) groups is 1. The van der Waals surface area contributed by atoms with E-state index in [1.807, 2.05) is 76.2 Å². The van der Waals surface area contributed by atoms with Gasteiger partial charge >= 0.3 is 12.1 Å². The summed E-state index contributed by atoms with van der Waals surface area (Å²) in [6.45, 7) is 8.28. The van der Waals surface area contributed by atoms with Crippen LogP contribution in [0, 0.1) is 5.92 Å². The number of ether oxygens (including phenoxy) is 1. The number of alkyl carbamates (subject to hydrolysis) is 1. The quantitative estimate of drug-likeness (QED) is 0.109. The predicted molar refractivity (Wildman–Crippen MR) is 217 cm³/mol. The number of aliphatic hydroxyl groups is 1. The highest BCUT2D eigenvalue weighted by Gasteiger charge is 2.33. The molecule has 5 amide bonds. The number of benzene rings is 1. The van der Waals surface area contributed by atoms with Gasteiger partial charge in [-0.2, -0.15) is 0 Å². The summed E-state index contributed by atoms with van der Waals surface area (Å²) in [7, 11) is 0. The molecule has 1 saturated carbocycles. The van der Waals surface area contributed by atoms with Crippen LogP contribution >= 0.6 is 11.8 Å². The number of aliphatic hydroxyl groups excluding tert-OH is 1. The molecule has 0 radical (unpaired) electrons. The molecular formula is C42H64N6O6S. The van der Waals surface area contributed by atoms with E-state index in [2.05, 4.69) is 26.3 Å². The lowest BCUT2D eigenvalue weighted by Crippen LogP contribution is -2.58. The van der Waals surface area contributed by atoms with E-state index in [4.69, 9.17) is 4.74 Å². The Morgan fingerprint density at radius 3 is 2.24 bits per heavy atom. The molecule has 4 rings (SSSR count). The first kappa shape index (κ1) is 43.9. The van der Waals surface area contributed by atoms with Gasteiger partial charge in [0.15, 0.2) is 0 Å². The van der Waals surface area contributed by atoms with Gasteiger partial charge in [0.2, 0.25) is 11.8 Å². The highest BCUT2D eigenvalue weighted by molar-refractivity contribution is 7.99. The molecule has 2 aliphatic rings. The van der Waals surface area contributed by atoms with Gasteiger partial charge in [-0.15, -0.1) is 11.8 Å². The zero-order valence-corrected chi connectivity index (χ0v) is 34.1. The molecule has 1 aromatic heterocycles. The molecule has 2 fully saturated rings. The first-order valence-corrected chi connectivity index (χ1v) is 21.3. The SMILES string of the molecule is CCCC[C@H](NC(=O)[C@H](Cc1ccccc1)NC(=O)N1CCC(NC(=O)OC(C)(C)C)CC1)C(=O)N[C@@H](CC1CCCCC1)[C@@H](O)CCSc1ccccn1. The molecule has 0 spiro atoms. The van der Waals surface area contributed by atoms with Gasteiger partial charge in [0.25, 0.3) is 0 Å². The molecular weight excluding hydrogens is 717 g/mol. The lowest BCUT2D eigenvalue weighted by atomic mass is 9.83. The molecule has 55 heavy (non-hydrogen) atoms. The molecule has 12 nitrogen and oxygen atoms in total. The van der Waals surface area contributed by atoms with E-state index in [9.17, 15) is 24.3 Å². The largest absolute Gasteiger partial charge is 0.444 e. The summed E-state index contributed by atoms with van der Waals surface area (Å²) < 4.78 is 5.39.